The second-order valence-corrected chi connectivity index (χ2v) is 5.92. The molecule has 1 saturated carbocycles. The van der Waals surface area contributed by atoms with Crippen molar-refractivity contribution in [2.24, 2.45) is 0 Å². The number of nitrogens with one attached hydrogen (secondary N) is 2. The van der Waals surface area contributed by atoms with Gasteiger partial charge in [-0.3, -0.25) is 9.78 Å². The molecule has 1 amide bonds. The molecule has 2 aromatic rings. The van der Waals surface area contributed by atoms with Crippen molar-refractivity contribution in [2.75, 3.05) is 10.6 Å². The molecular formula is C17H18ClN3O. The van der Waals surface area contributed by atoms with Gasteiger partial charge in [-0.25, -0.2) is 0 Å². The Morgan fingerprint density at radius 3 is 2.73 bits per heavy atom. The molecule has 0 spiro atoms. The molecule has 0 saturated heterocycles. The first-order chi connectivity index (χ1) is 10.7. The monoisotopic (exact) mass is 315 g/mol. The maximum Gasteiger partial charge on any atom is 0.257 e. The summed E-state index contributed by atoms with van der Waals surface area (Å²) in [5, 5.41) is 6.74. The zero-order valence-corrected chi connectivity index (χ0v) is 12.9. The molecule has 4 nitrogen and oxygen atoms in total. The van der Waals surface area contributed by atoms with E-state index in [4.69, 9.17) is 11.6 Å². The lowest BCUT2D eigenvalue weighted by Gasteiger charge is -2.14. The topological polar surface area (TPSA) is 54.0 Å². The molecule has 1 aliphatic rings. The van der Waals surface area contributed by atoms with Crippen molar-refractivity contribution in [3.8, 4) is 0 Å². The molecule has 5 heteroatoms. The lowest BCUT2D eigenvalue weighted by Crippen LogP contribution is -2.15. The molecule has 3 rings (SSSR count). The minimum atomic E-state index is -0.231. The molecule has 0 radical (unpaired) electrons. The highest BCUT2D eigenvalue weighted by molar-refractivity contribution is 6.34. The number of halogens is 1. The van der Waals surface area contributed by atoms with Crippen LogP contribution in [0.2, 0.25) is 5.02 Å². The molecule has 0 atom stereocenters. The molecule has 22 heavy (non-hydrogen) atoms. The van der Waals surface area contributed by atoms with Gasteiger partial charge in [0.2, 0.25) is 0 Å². The van der Waals surface area contributed by atoms with Gasteiger partial charge in [-0.05, 0) is 37.1 Å². The Balaban J connectivity index is 1.69. The van der Waals surface area contributed by atoms with E-state index in [1.54, 1.807) is 12.3 Å². The van der Waals surface area contributed by atoms with Crippen LogP contribution in [0.5, 0.6) is 0 Å². The third-order valence-electron chi connectivity index (χ3n) is 3.86. The third kappa shape index (κ3) is 3.57. The summed E-state index contributed by atoms with van der Waals surface area (Å²) < 4.78 is 0. The van der Waals surface area contributed by atoms with Crippen molar-refractivity contribution in [3.05, 3.63) is 53.3 Å². The van der Waals surface area contributed by atoms with Gasteiger partial charge in [-0.2, -0.15) is 0 Å². The van der Waals surface area contributed by atoms with Crippen molar-refractivity contribution in [3.63, 3.8) is 0 Å². The molecule has 1 aromatic carbocycles. The highest BCUT2D eigenvalue weighted by atomic mass is 35.5. The van der Waals surface area contributed by atoms with Gasteiger partial charge < -0.3 is 10.6 Å². The highest BCUT2D eigenvalue weighted by Crippen LogP contribution is 2.24. The summed E-state index contributed by atoms with van der Waals surface area (Å²) in [7, 11) is 0. The first-order valence-corrected chi connectivity index (χ1v) is 7.87. The van der Waals surface area contributed by atoms with E-state index in [-0.39, 0.29) is 5.91 Å². The Kier molecular flexibility index (Phi) is 4.59. The van der Waals surface area contributed by atoms with Crippen LogP contribution in [0.3, 0.4) is 0 Å². The number of nitrogens with zero attached hydrogens (tertiary/aromatic N) is 1. The third-order valence-corrected chi connectivity index (χ3v) is 4.16. The minimum Gasteiger partial charge on any atom is -0.382 e. The molecule has 0 bridgehead atoms. The molecule has 1 aromatic heterocycles. The Bertz CT molecular complexity index is 668. The summed E-state index contributed by atoms with van der Waals surface area (Å²) in [6.07, 6.45) is 8.02. The summed E-state index contributed by atoms with van der Waals surface area (Å²) in [6.45, 7) is 0. The van der Waals surface area contributed by atoms with Crippen LogP contribution in [-0.4, -0.2) is 16.9 Å². The van der Waals surface area contributed by atoms with Crippen molar-refractivity contribution in [2.45, 2.75) is 31.7 Å². The van der Waals surface area contributed by atoms with Gasteiger partial charge in [0.15, 0.2) is 0 Å². The highest BCUT2D eigenvalue weighted by Gasteiger charge is 2.15. The average Bonchev–Trinajstić information content (AvgIpc) is 3.01. The van der Waals surface area contributed by atoms with Gasteiger partial charge in [0, 0.05) is 29.8 Å². The number of amides is 1. The normalized spacial score (nSPS) is 14.8. The van der Waals surface area contributed by atoms with E-state index in [0.29, 0.717) is 16.6 Å². The van der Waals surface area contributed by atoms with E-state index in [1.165, 1.54) is 31.9 Å². The summed E-state index contributed by atoms with van der Waals surface area (Å²) in [6, 6.07) is 9.92. The predicted molar refractivity (Wildman–Crippen MR) is 89.5 cm³/mol. The van der Waals surface area contributed by atoms with E-state index in [9.17, 15) is 4.79 Å². The van der Waals surface area contributed by atoms with Crippen molar-refractivity contribution in [1.29, 1.82) is 0 Å². The van der Waals surface area contributed by atoms with Crippen LogP contribution in [0, 0.1) is 0 Å². The number of hydrogen-bond acceptors (Lipinski definition) is 3. The van der Waals surface area contributed by atoms with Crippen LogP contribution in [0.1, 0.15) is 36.0 Å². The van der Waals surface area contributed by atoms with Gasteiger partial charge in [-0.15, -0.1) is 0 Å². The Morgan fingerprint density at radius 1 is 1.18 bits per heavy atom. The number of carbonyl (C=O) groups excluding carboxylic acids is 1. The number of aromatic nitrogens is 1. The Labute approximate surface area is 134 Å². The molecule has 1 fully saturated rings. The van der Waals surface area contributed by atoms with Gasteiger partial charge in [0.25, 0.3) is 5.91 Å². The van der Waals surface area contributed by atoms with Gasteiger partial charge in [-0.1, -0.05) is 30.5 Å². The maximum absolute atomic E-state index is 12.2. The molecular weight excluding hydrogens is 298 g/mol. The molecule has 114 valence electrons. The fraction of sp³-hybridized carbons (Fsp3) is 0.294. The standard InChI is InChI=1S/C17H18ClN3O/c18-16-11-19-9-8-15(16)17(22)21-14-7-3-6-13(10-14)20-12-4-1-2-5-12/h3,6-12,20H,1-2,4-5H2,(H,21,22). The molecule has 0 unspecified atom stereocenters. The number of carbonyl (C=O) groups is 1. The largest absolute Gasteiger partial charge is 0.382 e. The van der Waals surface area contributed by atoms with Crippen molar-refractivity contribution >= 4 is 28.9 Å². The molecule has 1 heterocycles. The van der Waals surface area contributed by atoms with Crippen LogP contribution in [-0.2, 0) is 0 Å². The Morgan fingerprint density at radius 2 is 1.95 bits per heavy atom. The van der Waals surface area contributed by atoms with E-state index in [0.717, 1.165) is 11.4 Å². The van der Waals surface area contributed by atoms with E-state index in [1.807, 2.05) is 24.3 Å². The predicted octanol–water partition coefficient (Wildman–Crippen LogP) is 4.34. The van der Waals surface area contributed by atoms with Crippen molar-refractivity contribution < 1.29 is 4.79 Å². The van der Waals surface area contributed by atoms with E-state index >= 15 is 0 Å². The summed E-state index contributed by atoms with van der Waals surface area (Å²) in [5.41, 5.74) is 2.21. The van der Waals surface area contributed by atoms with Crippen LogP contribution < -0.4 is 10.6 Å². The maximum atomic E-state index is 12.2. The number of hydrogen-bond donors (Lipinski definition) is 2. The second-order valence-electron chi connectivity index (χ2n) is 5.52. The number of rotatable bonds is 4. The van der Waals surface area contributed by atoms with Gasteiger partial charge >= 0.3 is 0 Å². The van der Waals surface area contributed by atoms with Crippen LogP contribution in [0.4, 0.5) is 11.4 Å². The summed E-state index contributed by atoms with van der Waals surface area (Å²) >= 11 is 5.99. The smallest absolute Gasteiger partial charge is 0.257 e. The average molecular weight is 316 g/mol. The van der Waals surface area contributed by atoms with Gasteiger partial charge in [0.05, 0.1) is 10.6 Å². The summed E-state index contributed by atoms with van der Waals surface area (Å²) in [5.74, 6) is -0.231. The van der Waals surface area contributed by atoms with Crippen molar-refractivity contribution in [1.82, 2.24) is 4.98 Å². The zero-order chi connectivity index (χ0) is 15.4. The zero-order valence-electron chi connectivity index (χ0n) is 12.2. The SMILES string of the molecule is O=C(Nc1cccc(NC2CCCC2)c1)c1ccncc1Cl. The fourth-order valence-corrected chi connectivity index (χ4v) is 2.96. The van der Waals surface area contributed by atoms with Crippen LogP contribution in [0.15, 0.2) is 42.7 Å². The quantitative estimate of drug-likeness (QED) is 0.882. The molecule has 1 aliphatic carbocycles. The lowest BCUT2D eigenvalue weighted by molar-refractivity contribution is 0.102. The first kappa shape index (κ1) is 14.9. The lowest BCUT2D eigenvalue weighted by atomic mass is 10.2. The molecule has 0 aliphatic heterocycles. The van der Waals surface area contributed by atoms with Crippen LogP contribution in [0.25, 0.3) is 0 Å². The van der Waals surface area contributed by atoms with Crippen LogP contribution >= 0.6 is 11.6 Å². The second kappa shape index (κ2) is 6.79. The van der Waals surface area contributed by atoms with E-state index in [2.05, 4.69) is 15.6 Å². The van der Waals surface area contributed by atoms with E-state index < -0.39 is 0 Å². The fourth-order valence-electron chi connectivity index (χ4n) is 2.75. The Hall–Kier alpha value is -2.07. The minimum absolute atomic E-state index is 0.231. The number of pyridine rings is 1. The number of anilines is 2. The molecule has 2 N–H and O–H groups in total. The first-order valence-electron chi connectivity index (χ1n) is 7.50. The summed E-state index contributed by atoms with van der Waals surface area (Å²) in [4.78, 5) is 16.1. The van der Waals surface area contributed by atoms with Gasteiger partial charge in [0.1, 0.15) is 0 Å². The number of benzene rings is 1.